The van der Waals surface area contributed by atoms with Crippen LogP contribution in [-0.2, 0) is 11.9 Å². The number of hydrogen-bond donors (Lipinski definition) is 0. The number of halogens is 4. The zero-order chi connectivity index (χ0) is 24.9. The molecular formula is C26H24ClF3N2OS. The Hall–Kier alpha value is -2.69. The first-order chi connectivity index (χ1) is 16.1. The van der Waals surface area contributed by atoms with Gasteiger partial charge in [-0.05, 0) is 66.8 Å². The molecule has 1 heterocycles. The van der Waals surface area contributed by atoms with Gasteiger partial charge in [-0.15, -0.1) is 11.8 Å². The number of pyridine rings is 1. The van der Waals surface area contributed by atoms with Crippen molar-refractivity contribution < 1.29 is 17.9 Å². The van der Waals surface area contributed by atoms with E-state index < -0.39 is 17.3 Å². The van der Waals surface area contributed by atoms with E-state index in [0.717, 1.165) is 35.4 Å². The fourth-order valence-corrected chi connectivity index (χ4v) is 4.30. The molecule has 0 N–H and O–H groups in total. The van der Waals surface area contributed by atoms with Crippen LogP contribution in [0.3, 0.4) is 0 Å². The highest BCUT2D eigenvalue weighted by atomic mass is 35.5. The Bertz CT molecular complexity index is 1190. The molecule has 0 atom stereocenters. The molecule has 0 unspecified atom stereocenters. The van der Waals surface area contributed by atoms with E-state index >= 15 is 0 Å². The Morgan fingerprint density at radius 2 is 1.82 bits per heavy atom. The summed E-state index contributed by atoms with van der Waals surface area (Å²) in [4.78, 5) is 4.45. The number of ether oxygens (including phenoxy) is 1. The Morgan fingerprint density at radius 1 is 1.12 bits per heavy atom. The summed E-state index contributed by atoms with van der Waals surface area (Å²) in [6.45, 7) is 6.63. The lowest BCUT2D eigenvalue weighted by Crippen LogP contribution is -2.10. The van der Waals surface area contributed by atoms with Crippen molar-refractivity contribution in [2.45, 2.75) is 44.1 Å². The summed E-state index contributed by atoms with van der Waals surface area (Å²) in [5.74, 6) is 1.54. The van der Waals surface area contributed by atoms with Gasteiger partial charge in [-0.25, -0.2) is 4.98 Å². The molecule has 0 aliphatic heterocycles. The number of benzene rings is 2. The number of thioether (sulfide) groups is 1. The minimum Gasteiger partial charge on any atom is -0.493 e. The molecular weight excluding hydrogens is 481 g/mol. The van der Waals surface area contributed by atoms with Gasteiger partial charge in [-0.1, -0.05) is 37.6 Å². The highest BCUT2D eigenvalue weighted by Crippen LogP contribution is 2.39. The van der Waals surface area contributed by atoms with E-state index in [0.29, 0.717) is 34.6 Å². The third-order valence-corrected chi connectivity index (χ3v) is 6.41. The second-order valence-electron chi connectivity index (χ2n) is 8.27. The third-order valence-electron chi connectivity index (χ3n) is 5.12. The highest BCUT2D eigenvalue weighted by molar-refractivity contribution is 7.98. The van der Waals surface area contributed by atoms with Gasteiger partial charge in [-0.2, -0.15) is 18.4 Å². The Labute approximate surface area is 206 Å². The fraction of sp³-hybridized carbons (Fsp3) is 0.308. The van der Waals surface area contributed by atoms with Crippen LogP contribution in [0.15, 0.2) is 53.6 Å². The Kier molecular flexibility index (Phi) is 8.51. The molecule has 0 aliphatic carbocycles. The normalized spacial score (nSPS) is 11.5. The van der Waals surface area contributed by atoms with Crippen molar-refractivity contribution in [2.24, 2.45) is 5.92 Å². The highest BCUT2D eigenvalue weighted by Gasteiger charge is 2.36. The molecule has 3 aromatic rings. The second-order valence-corrected chi connectivity index (χ2v) is 9.67. The Morgan fingerprint density at radius 3 is 2.41 bits per heavy atom. The van der Waals surface area contributed by atoms with E-state index in [1.807, 2.05) is 6.92 Å². The predicted octanol–water partition coefficient (Wildman–Crippen LogP) is 8.32. The van der Waals surface area contributed by atoms with Gasteiger partial charge in [0.2, 0.25) is 0 Å². The molecule has 3 rings (SSSR count). The molecule has 1 aromatic heterocycles. The zero-order valence-electron chi connectivity index (χ0n) is 19.0. The number of alkyl halides is 3. The zero-order valence-corrected chi connectivity index (χ0v) is 20.6. The number of nitrogens with zero attached hydrogens (tertiary/aromatic N) is 2. The van der Waals surface area contributed by atoms with Gasteiger partial charge in [0.05, 0.1) is 23.4 Å². The van der Waals surface area contributed by atoms with E-state index in [9.17, 15) is 18.4 Å². The molecule has 0 spiro atoms. The number of hydrogen-bond acceptors (Lipinski definition) is 4. The summed E-state index contributed by atoms with van der Waals surface area (Å²) < 4.78 is 47.3. The van der Waals surface area contributed by atoms with Gasteiger partial charge in [0.1, 0.15) is 16.8 Å². The van der Waals surface area contributed by atoms with Crippen LogP contribution < -0.4 is 4.74 Å². The van der Waals surface area contributed by atoms with Crippen LogP contribution >= 0.6 is 23.4 Å². The molecule has 0 fully saturated rings. The van der Waals surface area contributed by atoms with E-state index in [1.165, 1.54) is 0 Å². The summed E-state index contributed by atoms with van der Waals surface area (Å²) in [6.07, 6.45) is -3.78. The average molecular weight is 505 g/mol. The molecule has 0 radical (unpaired) electrons. The maximum absolute atomic E-state index is 13.8. The molecule has 8 heteroatoms. The van der Waals surface area contributed by atoms with E-state index in [-0.39, 0.29) is 10.7 Å². The second kappa shape index (κ2) is 11.2. The van der Waals surface area contributed by atoms with E-state index in [4.69, 9.17) is 16.3 Å². The van der Waals surface area contributed by atoms with Crippen LogP contribution in [0.2, 0.25) is 5.02 Å². The van der Waals surface area contributed by atoms with Crippen LogP contribution in [0.4, 0.5) is 13.2 Å². The minimum atomic E-state index is -4.69. The van der Waals surface area contributed by atoms with Gasteiger partial charge in [0.25, 0.3) is 0 Å². The fourth-order valence-electron chi connectivity index (χ4n) is 3.21. The molecule has 0 saturated heterocycles. The smallest absolute Gasteiger partial charge is 0.417 e. The molecule has 3 nitrogen and oxygen atoms in total. The van der Waals surface area contributed by atoms with Crippen molar-refractivity contribution in [3.05, 3.63) is 75.8 Å². The molecule has 178 valence electrons. The molecule has 0 amide bonds. The summed E-state index contributed by atoms with van der Waals surface area (Å²) in [5.41, 5.74) is 0.877. The van der Waals surface area contributed by atoms with Crippen molar-refractivity contribution in [3.63, 3.8) is 0 Å². The summed E-state index contributed by atoms with van der Waals surface area (Å²) in [6, 6.07) is 14.8. The first-order valence-electron chi connectivity index (χ1n) is 10.7. The van der Waals surface area contributed by atoms with Crippen LogP contribution in [0, 0.1) is 24.2 Å². The predicted molar refractivity (Wildman–Crippen MR) is 130 cm³/mol. The number of aryl methyl sites for hydroxylation is 1. The van der Waals surface area contributed by atoms with Crippen LogP contribution in [0.25, 0.3) is 11.3 Å². The standard InChI is InChI=1S/C26H24ClF3N2OS/c1-16(2)10-11-33-24-9-6-19(12-17(24)3)23-13-22(26(28,29)30)21(14-31)25(32-23)34-15-18-4-7-20(27)8-5-18/h4-9,12-13,16H,10-11,15H2,1-3H3. The lowest BCUT2D eigenvalue weighted by Gasteiger charge is -2.15. The van der Waals surface area contributed by atoms with Gasteiger partial charge in [0.15, 0.2) is 0 Å². The van der Waals surface area contributed by atoms with Crippen LogP contribution in [-0.4, -0.2) is 11.6 Å². The van der Waals surface area contributed by atoms with Gasteiger partial charge >= 0.3 is 6.18 Å². The monoisotopic (exact) mass is 504 g/mol. The lowest BCUT2D eigenvalue weighted by atomic mass is 10.0. The van der Waals surface area contributed by atoms with E-state index in [2.05, 4.69) is 18.8 Å². The van der Waals surface area contributed by atoms with Crippen LogP contribution in [0.5, 0.6) is 5.75 Å². The minimum absolute atomic E-state index is 0.0391. The summed E-state index contributed by atoms with van der Waals surface area (Å²) in [7, 11) is 0. The molecule has 2 aromatic carbocycles. The molecule has 34 heavy (non-hydrogen) atoms. The maximum Gasteiger partial charge on any atom is 0.417 e. The van der Waals surface area contributed by atoms with Gasteiger partial charge < -0.3 is 4.74 Å². The maximum atomic E-state index is 13.8. The van der Waals surface area contributed by atoms with Gasteiger partial charge in [0, 0.05) is 16.3 Å². The third kappa shape index (κ3) is 6.68. The first kappa shape index (κ1) is 25.9. The first-order valence-corrected chi connectivity index (χ1v) is 12.1. The number of nitriles is 1. The number of rotatable bonds is 8. The lowest BCUT2D eigenvalue weighted by molar-refractivity contribution is -0.138. The summed E-state index contributed by atoms with van der Waals surface area (Å²) in [5, 5.41) is 10.1. The molecule has 0 aliphatic rings. The molecule has 0 bridgehead atoms. The summed E-state index contributed by atoms with van der Waals surface area (Å²) >= 11 is 6.99. The van der Waals surface area contributed by atoms with Crippen molar-refractivity contribution in [3.8, 4) is 23.1 Å². The van der Waals surface area contributed by atoms with Crippen LogP contribution in [0.1, 0.15) is 42.5 Å². The molecule has 0 saturated carbocycles. The average Bonchev–Trinajstić information content (AvgIpc) is 2.78. The topological polar surface area (TPSA) is 45.9 Å². The SMILES string of the molecule is Cc1cc(-c2cc(C(F)(F)F)c(C#N)c(SCc3ccc(Cl)cc3)n2)ccc1OCCC(C)C. The van der Waals surface area contributed by atoms with Gasteiger partial charge in [-0.3, -0.25) is 0 Å². The van der Waals surface area contributed by atoms with E-state index in [1.54, 1.807) is 48.5 Å². The Balaban J connectivity index is 1.97. The largest absolute Gasteiger partial charge is 0.493 e. The van der Waals surface area contributed by atoms with Crippen molar-refractivity contribution in [1.82, 2.24) is 4.98 Å². The quantitative estimate of drug-likeness (QED) is 0.289. The van der Waals surface area contributed by atoms with Crippen molar-refractivity contribution in [2.75, 3.05) is 6.61 Å². The van der Waals surface area contributed by atoms with Crippen molar-refractivity contribution in [1.29, 1.82) is 5.26 Å². The van der Waals surface area contributed by atoms with Crippen molar-refractivity contribution >= 4 is 23.4 Å². The number of aromatic nitrogens is 1.